The van der Waals surface area contributed by atoms with Crippen LogP contribution in [0, 0.1) is 13.8 Å². The molecule has 1 aromatic carbocycles. The largest absolute Gasteiger partial charge is 0.329 e. The van der Waals surface area contributed by atoms with Gasteiger partial charge in [0.1, 0.15) is 0 Å². The molecule has 0 aliphatic rings. The first-order valence-corrected chi connectivity index (χ1v) is 8.10. The molecule has 0 saturated carbocycles. The van der Waals surface area contributed by atoms with Crippen molar-refractivity contribution < 1.29 is 8.42 Å². The van der Waals surface area contributed by atoms with E-state index in [1.54, 1.807) is 6.07 Å². The first kappa shape index (κ1) is 16.1. The summed E-state index contributed by atoms with van der Waals surface area (Å²) in [7, 11) is -3.53. The van der Waals surface area contributed by atoms with Gasteiger partial charge in [-0.3, -0.25) is 0 Å². The minimum Gasteiger partial charge on any atom is -0.329 e. The number of nitrogens with two attached hydrogens (primary N) is 1. The maximum Gasteiger partial charge on any atom is 0.241 e. The van der Waals surface area contributed by atoms with E-state index in [1.807, 2.05) is 39.8 Å². The van der Waals surface area contributed by atoms with Crippen LogP contribution >= 0.6 is 0 Å². The lowest BCUT2D eigenvalue weighted by molar-refractivity contribution is 0.363. The lowest BCUT2D eigenvalue weighted by Gasteiger charge is -2.31. The molecule has 0 aliphatic carbocycles. The number of hydrogen-bond donors (Lipinski definition) is 2. The van der Waals surface area contributed by atoms with Crippen LogP contribution in [0.5, 0.6) is 0 Å². The molecule has 0 bridgehead atoms. The van der Waals surface area contributed by atoms with Crippen molar-refractivity contribution in [1.82, 2.24) is 4.72 Å². The lowest BCUT2D eigenvalue weighted by atomic mass is 9.95. The molecule has 1 rings (SSSR count). The number of sulfonamides is 1. The summed E-state index contributed by atoms with van der Waals surface area (Å²) in [5, 5.41) is 0. The molecule has 4 nitrogen and oxygen atoms in total. The maximum absolute atomic E-state index is 12.5. The number of benzene rings is 1. The highest BCUT2D eigenvalue weighted by Crippen LogP contribution is 2.21. The first-order chi connectivity index (χ1) is 8.80. The van der Waals surface area contributed by atoms with E-state index in [1.165, 1.54) is 0 Å². The van der Waals surface area contributed by atoms with Crippen molar-refractivity contribution in [3.05, 3.63) is 29.3 Å². The van der Waals surface area contributed by atoms with Gasteiger partial charge in [0.15, 0.2) is 0 Å². The number of aryl methyl sites for hydroxylation is 2. The van der Waals surface area contributed by atoms with Gasteiger partial charge in [0.05, 0.1) is 4.90 Å². The van der Waals surface area contributed by atoms with Crippen LogP contribution < -0.4 is 10.5 Å². The van der Waals surface area contributed by atoms with Gasteiger partial charge in [-0.25, -0.2) is 13.1 Å². The van der Waals surface area contributed by atoms with Crippen molar-refractivity contribution in [2.24, 2.45) is 5.73 Å². The summed E-state index contributed by atoms with van der Waals surface area (Å²) in [4.78, 5) is 0.331. The number of rotatable bonds is 6. The van der Waals surface area contributed by atoms with Crippen LogP contribution in [0.1, 0.15) is 37.8 Å². The van der Waals surface area contributed by atoms with Gasteiger partial charge in [-0.05, 0) is 38.3 Å². The Labute approximate surface area is 116 Å². The molecule has 0 atom stereocenters. The highest BCUT2D eigenvalue weighted by atomic mass is 32.2. The number of hydrogen-bond acceptors (Lipinski definition) is 3. The molecule has 0 spiro atoms. The van der Waals surface area contributed by atoms with Gasteiger partial charge < -0.3 is 5.73 Å². The molecule has 19 heavy (non-hydrogen) atoms. The molecular weight excluding hydrogens is 260 g/mol. The van der Waals surface area contributed by atoms with Gasteiger partial charge in [-0.1, -0.05) is 31.5 Å². The van der Waals surface area contributed by atoms with Crippen molar-refractivity contribution in [3.8, 4) is 0 Å². The summed E-state index contributed by atoms with van der Waals surface area (Å²) in [6, 6.07) is 5.33. The Kier molecular flexibility index (Phi) is 5.12. The zero-order valence-corrected chi connectivity index (χ0v) is 13.0. The van der Waals surface area contributed by atoms with Crippen molar-refractivity contribution in [2.45, 2.75) is 51.0 Å². The molecule has 0 aliphatic heterocycles. The summed E-state index contributed by atoms with van der Waals surface area (Å²) >= 11 is 0. The summed E-state index contributed by atoms with van der Waals surface area (Å²) in [6.07, 6.45) is 1.34. The van der Waals surface area contributed by atoms with E-state index in [9.17, 15) is 8.42 Å². The third-order valence-electron chi connectivity index (χ3n) is 3.72. The normalized spacial score (nSPS) is 12.7. The van der Waals surface area contributed by atoms with Crippen LogP contribution in [0.25, 0.3) is 0 Å². The van der Waals surface area contributed by atoms with Gasteiger partial charge in [-0.15, -0.1) is 0 Å². The average Bonchev–Trinajstić information content (AvgIpc) is 2.35. The topological polar surface area (TPSA) is 72.2 Å². The Morgan fingerprint density at radius 2 is 1.79 bits per heavy atom. The fourth-order valence-electron chi connectivity index (χ4n) is 2.17. The van der Waals surface area contributed by atoms with Gasteiger partial charge in [0.25, 0.3) is 0 Å². The van der Waals surface area contributed by atoms with Crippen LogP contribution in [-0.2, 0) is 10.0 Å². The summed E-state index contributed by atoms with van der Waals surface area (Å²) in [5.41, 5.74) is 6.99. The molecule has 5 heteroatoms. The SMILES string of the molecule is CCC(CC)(CN)NS(=O)(=O)c1ccc(C)cc1C. The van der Waals surface area contributed by atoms with Crippen LogP contribution in [0.15, 0.2) is 23.1 Å². The second-order valence-electron chi connectivity index (χ2n) is 5.07. The van der Waals surface area contributed by atoms with E-state index in [4.69, 9.17) is 5.73 Å². The maximum atomic E-state index is 12.5. The third-order valence-corrected chi connectivity index (χ3v) is 5.45. The minimum absolute atomic E-state index is 0.296. The predicted molar refractivity (Wildman–Crippen MR) is 78.6 cm³/mol. The molecule has 0 unspecified atom stereocenters. The molecule has 0 saturated heterocycles. The highest BCUT2D eigenvalue weighted by molar-refractivity contribution is 7.89. The quantitative estimate of drug-likeness (QED) is 0.840. The van der Waals surface area contributed by atoms with Crippen LogP contribution in [0.4, 0.5) is 0 Å². The summed E-state index contributed by atoms with van der Waals surface area (Å²) in [5.74, 6) is 0. The van der Waals surface area contributed by atoms with Crippen molar-refractivity contribution in [1.29, 1.82) is 0 Å². The first-order valence-electron chi connectivity index (χ1n) is 6.61. The molecule has 108 valence electrons. The molecule has 0 radical (unpaired) electrons. The zero-order valence-electron chi connectivity index (χ0n) is 12.2. The Morgan fingerprint density at radius 3 is 2.21 bits per heavy atom. The van der Waals surface area contributed by atoms with Gasteiger partial charge >= 0.3 is 0 Å². The zero-order chi connectivity index (χ0) is 14.7. The molecule has 1 aromatic rings. The van der Waals surface area contributed by atoms with Crippen LogP contribution in [0.3, 0.4) is 0 Å². The molecule has 0 fully saturated rings. The van der Waals surface area contributed by atoms with E-state index in [2.05, 4.69) is 4.72 Å². The molecule has 3 N–H and O–H groups in total. The Bertz CT molecular complexity index is 526. The second-order valence-corrected chi connectivity index (χ2v) is 6.72. The second kappa shape index (κ2) is 6.03. The Hall–Kier alpha value is -0.910. The van der Waals surface area contributed by atoms with Crippen molar-refractivity contribution in [2.75, 3.05) is 6.54 Å². The number of nitrogens with one attached hydrogen (secondary N) is 1. The van der Waals surface area contributed by atoms with Crippen molar-refractivity contribution in [3.63, 3.8) is 0 Å². The van der Waals surface area contributed by atoms with Gasteiger partial charge in [-0.2, -0.15) is 0 Å². The van der Waals surface area contributed by atoms with E-state index < -0.39 is 15.6 Å². The Morgan fingerprint density at radius 1 is 1.21 bits per heavy atom. The summed E-state index contributed by atoms with van der Waals surface area (Å²) < 4.78 is 27.8. The summed E-state index contributed by atoms with van der Waals surface area (Å²) in [6.45, 7) is 7.94. The van der Waals surface area contributed by atoms with Crippen LogP contribution in [-0.4, -0.2) is 20.5 Å². The molecular formula is C14H24N2O2S. The van der Waals surface area contributed by atoms with E-state index in [0.29, 0.717) is 24.3 Å². The monoisotopic (exact) mass is 284 g/mol. The molecule has 0 heterocycles. The predicted octanol–water partition coefficient (Wildman–Crippen LogP) is 2.10. The van der Waals surface area contributed by atoms with E-state index >= 15 is 0 Å². The van der Waals surface area contributed by atoms with Crippen LogP contribution in [0.2, 0.25) is 0 Å². The van der Waals surface area contributed by atoms with Gasteiger partial charge in [0, 0.05) is 12.1 Å². The Balaban J connectivity index is 3.17. The van der Waals surface area contributed by atoms with E-state index in [0.717, 1.165) is 11.1 Å². The minimum atomic E-state index is -3.53. The van der Waals surface area contributed by atoms with E-state index in [-0.39, 0.29) is 0 Å². The fraction of sp³-hybridized carbons (Fsp3) is 0.571. The standard InChI is InChI=1S/C14H24N2O2S/c1-5-14(6-2,10-15)16-19(17,18)13-8-7-11(3)9-12(13)4/h7-9,16H,5-6,10,15H2,1-4H3. The molecule has 0 aromatic heterocycles. The highest BCUT2D eigenvalue weighted by Gasteiger charge is 2.31. The van der Waals surface area contributed by atoms with Gasteiger partial charge in [0.2, 0.25) is 10.0 Å². The average molecular weight is 284 g/mol. The smallest absolute Gasteiger partial charge is 0.241 e. The molecule has 0 amide bonds. The lowest BCUT2D eigenvalue weighted by Crippen LogP contribution is -2.52. The fourth-order valence-corrected chi connectivity index (χ4v) is 3.95. The van der Waals surface area contributed by atoms with Crippen molar-refractivity contribution >= 4 is 10.0 Å². The third kappa shape index (κ3) is 3.55.